The van der Waals surface area contributed by atoms with Gasteiger partial charge in [0.2, 0.25) is 5.91 Å². The summed E-state index contributed by atoms with van der Waals surface area (Å²) in [5.74, 6) is -0.580. The molecule has 4 rings (SSSR count). The summed E-state index contributed by atoms with van der Waals surface area (Å²) in [4.78, 5) is 29.0. The topological polar surface area (TPSA) is 88.5 Å². The molecular formula is C28H27ClN2O4. The Morgan fingerprint density at radius 3 is 2.40 bits per heavy atom. The summed E-state index contributed by atoms with van der Waals surface area (Å²) in [5, 5.41) is 16.0. The lowest BCUT2D eigenvalue weighted by molar-refractivity contribution is -0.151. The van der Waals surface area contributed by atoms with E-state index in [2.05, 4.69) is 10.3 Å². The van der Waals surface area contributed by atoms with Crippen LogP contribution in [0.2, 0.25) is 5.02 Å². The van der Waals surface area contributed by atoms with E-state index in [9.17, 15) is 14.7 Å². The molecule has 180 valence electrons. The molecule has 4 aromatic rings. The van der Waals surface area contributed by atoms with E-state index in [0.717, 1.165) is 27.4 Å². The number of pyridine rings is 1. The molecule has 0 atom stereocenters. The van der Waals surface area contributed by atoms with E-state index in [-0.39, 0.29) is 12.3 Å². The molecule has 6 nitrogen and oxygen atoms in total. The molecule has 0 saturated carbocycles. The first kappa shape index (κ1) is 24.5. The van der Waals surface area contributed by atoms with Gasteiger partial charge in [-0.15, -0.1) is 0 Å². The molecule has 7 heteroatoms. The number of carbonyl (C=O) groups excluding carboxylic acids is 1. The van der Waals surface area contributed by atoms with Crippen molar-refractivity contribution in [3.05, 3.63) is 77.4 Å². The molecule has 1 heterocycles. The van der Waals surface area contributed by atoms with Crippen LogP contribution < -0.4 is 10.1 Å². The minimum absolute atomic E-state index is 0.0690. The molecule has 0 unspecified atom stereocenters. The first-order valence-electron chi connectivity index (χ1n) is 11.6. The fourth-order valence-electron chi connectivity index (χ4n) is 4.15. The van der Waals surface area contributed by atoms with Crippen molar-refractivity contribution in [2.45, 2.75) is 39.7 Å². The SMILES string of the molecule is CCC(CC)(CC(=O)Nc1ccc2ccc(OCc3ccc4ccc(Cl)cc4n3)cc2c1)C(=O)O. The van der Waals surface area contributed by atoms with Crippen LogP contribution in [0.4, 0.5) is 5.69 Å². The van der Waals surface area contributed by atoms with Gasteiger partial charge in [0.1, 0.15) is 12.4 Å². The molecule has 0 bridgehead atoms. The van der Waals surface area contributed by atoms with Crippen LogP contribution >= 0.6 is 11.6 Å². The summed E-state index contributed by atoms with van der Waals surface area (Å²) < 4.78 is 5.97. The fraction of sp³-hybridized carbons (Fsp3) is 0.250. The summed E-state index contributed by atoms with van der Waals surface area (Å²) in [7, 11) is 0. The van der Waals surface area contributed by atoms with Crippen molar-refractivity contribution in [2.24, 2.45) is 5.41 Å². The van der Waals surface area contributed by atoms with Crippen LogP contribution in [0.25, 0.3) is 21.7 Å². The van der Waals surface area contributed by atoms with Crippen LogP contribution in [0.15, 0.2) is 66.7 Å². The lowest BCUT2D eigenvalue weighted by Crippen LogP contribution is -2.34. The molecule has 0 spiro atoms. The first-order chi connectivity index (χ1) is 16.8. The van der Waals surface area contributed by atoms with E-state index >= 15 is 0 Å². The third-order valence-corrected chi connectivity index (χ3v) is 6.74. The summed E-state index contributed by atoms with van der Waals surface area (Å²) >= 11 is 6.08. The van der Waals surface area contributed by atoms with Crippen molar-refractivity contribution >= 4 is 50.8 Å². The molecule has 0 radical (unpaired) electrons. The van der Waals surface area contributed by atoms with Gasteiger partial charge in [0, 0.05) is 22.5 Å². The maximum atomic E-state index is 12.6. The molecular weight excluding hydrogens is 464 g/mol. The van der Waals surface area contributed by atoms with Gasteiger partial charge in [-0.3, -0.25) is 9.59 Å². The molecule has 3 aromatic carbocycles. The predicted octanol–water partition coefficient (Wildman–Crippen LogP) is 6.84. The zero-order valence-electron chi connectivity index (χ0n) is 19.7. The maximum absolute atomic E-state index is 12.6. The Balaban J connectivity index is 1.47. The Hall–Kier alpha value is -3.64. The number of hydrogen-bond donors (Lipinski definition) is 2. The minimum Gasteiger partial charge on any atom is -0.487 e. The second-order valence-electron chi connectivity index (χ2n) is 8.67. The number of hydrogen-bond acceptors (Lipinski definition) is 4. The van der Waals surface area contributed by atoms with Crippen molar-refractivity contribution in [3.63, 3.8) is 0 Å². The summed E-state index contributed by atoms with van der Waals surface area (Å²) in [5.41, 5.74) is 1.16. The standard InChI is InChI=1S/C28H27ClN2O4/c1-3-28(4-2,27(33)34)16-26(32)31-22-10-6-18-8-12-24(14-20(18)13-22)35-17-23-11-7-19-5-9-21(29)15-25(19)30-23/h5-15H,3-4,16-17H2,1-2H3,(H,31,32)(H,33,34). The number of nitrogens with one attached hydrogen (secondary N) is 1. The number of fused-ring (bicyclic) bond motifs is 2. The number of amides is 1. The maximum Gasteiger partial charge on any atom is 0.310 e. The van der Waals surface area contributed by atoms with Crippen LogP contribution in [0.5, 0.6) is 5.75 Å². The number of aliphatic carboxylic acids is 1. The monoisotopic (exact) mass is 490 g/mol. The smallest absolute Gasteiger partial charge is 0.310 e. The molecule has 0 fully saturated rings. The Kier molecular flexibility index (Phi) is 7.22. The normalized spacial score (nSPS) is 11.5. The first-order valence-corrected chi connectivity index (χ1v) is 11.9. The second kappa shape index (κ2) is 10.3. The van der Waals surface area contributed by atoms with Crippen LogP contribution in [-0.4, -0.2) is 22.0 Å². The number of aromatic nitrogens is 1. The average molecular weight is 491 g/mol. The van der Waals surface area contributed by atoms with E-state index in [1.807, 2.05) is 66.7 Å². The van der Waals surface area contributed by atoms with Gasteiger partial charge in [0.05, 0.1) is 16.6 Å². The van der Waals surface area contributed by atoms with Gasteiger partial charge in [0.15, 0.2) is 0 Å². The third kappa shape index (κ3) is 5.54. The van der Waals surface area contributed by atoms with Crippen LogP contribution in [0, 0.1) is 5.41 Å². The van der Waals surface area contributed by atoms with Crippen LogP contribution in [0.1, 0.15) is 38.8 Å². The number of carbonyl (C=O) groups is 2. The quantitative estimate of drug-likeness (QED) is 0.268. The van der Waals surface area contributed by atoms with Gasteiger partial charge in [-0.05, 0) is 66.1 Å². The molecule has 0 aliphatic carbocycles. The highest BCUT2D eigenvalue weighted by Gasteiger charge is 2.37. The van der Waals surface area contributed by atoms with Crippen molar-refractivity contribution in [2.75, 3.05) is 5.32 Å². The van der Waals surface area contributed by atoms with E-state index in [0.29, 0.717) is 35.9 Å². The lowest BCUT2D eigenvalue weighted by Gasteiger charge is -2.25. The Morgan fingerprint density at radius 2 is 1.66 bits per heavy atom. The van der Waals surface area contributed by atoms with Gasteiger partial charge < -0.3 is 15.2 Å². The van der Waals surface area contributed by atoms with Crippen molar-refractivity contribution in [1.82, 2.24) is 4.98 Å². The average Bonchev–Trinajstić information content (AvgIpc) is 2.85. The van der Waals surface area contributed by atoms with Gasteiger partial charge >= 0.3 is 5.97 Å². The van der Waals surface area contributed by atoms with E-state index < -0.39 is 11.4 Å². The predicted molar refractivity (Wildman–Crippen MR) is 139 cm³/mol. The van der Waals surface area contributed by atoms with Gasteiger partial charge in [-0.1, -0.05) is 49.7 Å². The minimum atomic E-state index is -1.05. The lowest BCUT2D eigenvalue weighted by atomic mass is 9.79. The molecule has 1 aromatic heterocycles. The number of benzene rings is 3. The van der Waals surface area contributed by atoms with Crippen LogP contribution in [-0.2, 0) is 16.2 Å². The second-order valence-corrected chi connectivity index (χ2v) is 9.11. The Bertz CT molecular complexity index is 1400. The highest BCUT2D eigenvalue weighted by atomic mass is 35.5. The molecule has 1 amide bonds. The molecule has 35 heavy (non-hydrogen) atoms. The van der Waals surface area contributed by atoms with Gasteiger partial charge in [-0.2, -0.15) is 0 Å². The third-order valence-electron chi connectivity index (χ3n) is 6.50. The van der Waals surface area contributed by atoms with Crippen LogP contribution in [0.3, 0.4) is 0 Å². The molecule has 0 aliphatic heterocycles. The summed E-state index contributed by atoms with van der Waals surface area (Å²) in [6.07, 6.45) is 0.716. The van der Waals surface area contributed by atoms with Gasteiger partial charge in [-0.25, -0.2) is 4.98 Å². The fourth-order valence-corrected chi connectivity index (χ4v) is 4.32. The van der Waals surface area contributed by atoms with E-state index in [1.165, 1.54) is 0 Å². The number of rotatable bonds is 9. The number of carboxylic acid groups (broad SMARTS) is 1. The number of halogens is 1. The van der Waals surface area contributed by atoms with Gasteiger partial charge in [0.25, 0.3) is 0 Å². The van der Waals surface area contributed by atoms with Crippen molar-refractivity contribution < 1.29 is 19.4 Å². The number of anilines is 1. The van der Waals surface area contributed by atoms with Crippen molar-refractivity contribution in [3.8, 4) is 5.75 Å². The molecule has 2 N–H and O–H groups in total. The summed E-state index contributed by atoms with van der Waals surface area (Å²) in [6.45, 7) is 3.89. The highest BCUT2D eigenvalue weighted by molar-refractivity contribution is 6.31. The van der Waals surface area contributed by atoms with Crippen molar-refractivity contribution in [1.29, 1.82) is 0 Å². The highest BCUT2D eigenvalue weighted by Crippen LogP contribution is 2.32. The zero-order chi connectivity index (χ0) is 25.0. The number of carboxylic acids is 1. The Morgan fingerprint density at radius 1 is 0.943 bits per heavy atom. The number of ether oxygens (including phenoxy) is 1. The van der Waals surface area contributed by atoms with E-state index in [4.69, 9.17) is 16.3 Å². The summed E-state index contributed by atoms with van der Waals surface area (Å²) in [6, 6.07) is 20.8. The number of nitrogens with zero attached hydrogens (tertiary/aromatic N) is 1. The molecule has 0 aliphatic rings. The van der Waals surface area contributed by atoms with E-state index in [1.54, 1.807) is 13.8 Å². The zero-order valence-corrected chi connectivity index (χ0v) is 20.4. The molecule has 0 saturated heterocycles. The Labute approximate surface area is 208 Å². The largest absolute Gasteiger partial charge is 0.487 e.